The maximum Gasteiger partial charge on any atom is 0.306 e. The maximum absolute atomic E-state index is 12.8. The molecule has 4 heteroatoms. The first-order chi connectivity index (χ1) is 12.6. The van der Waals surface area contributed by atoms with E-state index in [9.17, 15) is 9.59 Å². The molecule has 2 aromatic rings. The van der Waals surface area contributed by atoms with Crippen molar-refractivity contribution in [1.29, 1.82) is 0 Å². The molecule has 0 N–H and O–H groups in total. The standard InChI is InChI=1S/C22H27NO3/c1-3-20(14-22(25)26-2)21(24)17-23(15-18-10-6-4-7-11-18)16-19-12-8-5-9-13-19/h4-13,20H,3,14-17H2,1-2H3/t20-/m1/s1. The van der Waals surface area contributed by atoms with Crippen LogP contribution in [0.3, 0.4) is 0 Å². The summed E-state index contributed by atoms with van der Waals surface area (Å²) in [6, 6.07) is 20.2. The van der Waals surface area contributed by atoms with Crippen LogP contribution in [0.4, 0.5) is 0 Å². The van der Waals surface area contributed by atoms with Crippen LogP contribution in [0, 0.1) is 5.92 Å². The molecule has 0 radical (unpaired) electrons. The lowest BCUT2D eigenvalue weighted by Gasteiger charge is -2.24. The molecule has 0 aliphatic carbocycles. The molecule has 0 heterocycles. The fourth-order valence-corrected chi connectivity index (χ4v) is 2.97. The summed E-state index contributed by atoms with van der Waals surface area (Å²) < 4.78 is 4.72. The highest BCUT2D eigenvalue weighted by Gasteiger charge is 2.23. The number of hydrogen-bond acceptors (Lipinski definition) is 4. The van der Waals surface area contributed by atoms with E-state index >= 15 is 0 Å². The fourth-order valence-electron chi connectivity index (χ4n) is 2.97. The number of Topliss-reactive ketones (excluding diaryl/α,β-unsaturated/α-hetero) is 1. The van der Waals surface area contributed by atoms with Crippen LogP contribution >= 0.6 is 0 Å². The molecule has 0 fully saturated rings. The van der Waals surface area contributed by atoms with Gasteiger partial charge in [0.15, 0.2) is 0 Å². The molecule has 2 rings (SSSR count). The topological polar surface area (TPSA) is 46.6 Å². The van der Waals surface area contributed by atoms with E-state index in [2.05, 4.69) is 29.2 Å². The molecule has 0 amide bonds. The van der Waals surface area contributed by atoms with Gasteiger partial charge in [-0.15, -0.1) is 0 Å². The quantitative estimate of drug-likeness (QED) is 0.609. The van der Waals surface area contributed by atoms with Gasteiger partial charge < -0.3 is 4.74 Å². The third kappa shape index (κ3) is 6.45. The summed E-state index contributed by atoms with van der Waals surface area (Å²) in [5, 5.41) is 0. The Balaban J connectivity index is 2.09. The highest BCUT2D eigenvalue weighted by molar-refractivity contribution is 5.86. The van der Waals surface area contributed by atoms with Gasteiger partial charge in [0.2, 0.25) is 0 Å². The summed E-state index contributed by atoms with van der Waals surface area (Å²) >= 11 is 0. The van der Waals surface area contributed by atoms with Gasteiger partial charge in [-0.05, 0) is 17.5 Å². The average molecular weight is 353 g/mol. The van der Waals surface area contributed by atoms with Crippen LogP contribution in [0.25, 0.3) is 0 Å². The van der Waals surface area contributed by atoms with Crippen molar-refractivity contribution < 1.29 is 14.3 Å². The second-order valence-electron chi connectivity index (χ2n) is 6.47. The van der Waals surface area contributed by atoms with Crippen molar-refractivity contribution in [2.75, 3.05) is 13.7 Å². The molecule has 26 heavy (non-hydrogen) atoms. The van der Waals surface area contributed by atoms with Gasteiger partial charge in [-0.2, -0.15) is 0 Å². The first-order valence-electron chi connectivity index (χ1n) is 9.02. The third-order valence-electron chi connectivity index (χ3n) is 4.47. The van der Waals surface area contributed by atoms with Crippen LogP contribution < -0.4 is 0 Å². The molecular weight excluding hydrogens is 326 g/mol. The predicted octanol–water partition coefficient (Wildman–Crippen LogP) is 3.85. The zero-order valence-electron chi connectivity index (χ0n) is 15.6. The van der Waals surface area contributed by atoms with Gasteiger partial charge in [-0.1, -0.05) is 67.6 Å². The number of methoxy groups -OCH3 is 1. The van der Waals surface area contributed by atoms with E-state index in [-0.39, 0.29) is 24.1 Å². The minimum absolute atomic E-state index is 0.0877. The Morgan fingerprint density at radius 1 is 0.923 bits per heavy atom. The van der Waals surface area contributed by atoms with Gasteiger partial charge in [0.05, 0.1) is 20.1 Å². The Bertz CT molecular complexity index is 644. The molecule has 138 valence electrons. The Kier molecular flexibility index (Phi) is 8.03. The summed E-state index contributed by atoms with van der Waals surface area (Å²) in [5.41, 5.74) is 2.33. The van der Waals surface area contributed by atoms with Crippen LogP contribution in [0.2, 0.25) is 0 Å². The first-order valence-corrected chi connectivity index (χ1v) is 9.02. The number of ether oxygens (including phenoxy) is 1. The second-order valence-corrected chi connectivity index (χ2v) is 6.47. The number of carbonyl (C=O) groups is 2. The van der Waals surface area contributed by atoms with Crippen molar-refractivity contribution in [1.82, 2.24) is 4.90 Å². The zero-order valence-corrected chi connectivity index (χ0v) is 15.6. The Labute approximate surface area is 155 Å². The fraction of sp³-hybridized carbons (Fsp3) is 0.364. The van der Waals surface area contributed by atoms with Crippen molar-refractivity contribution in [3.8, 4) is 0 Å². The van der Waals surface area contributed by atoms with E-state index in [1.165, 1.54) is 7.11 Å². The number of nitrogens with zero attached hydrogens (tertiary/aromatic N) is 1. The molecule has 2 aromatic carbocycles. The van der Waals surface area contributed by atoms with Crippen LogP contribution in [-0.4, -0.2) is 30.3 Å². The number of carbonyl (C=O) groups excluding carboxylic acids is 2. The highest BCUT2D eigenvalue weighted by atomic mass is 16.5. The van der Waals surface area contributed by atoms with Gasteiger partial charge in [0.1, 0.15) is 5.78 Å². The van der Waals surface area contributed by atoms with E-state index in [1.54, 1.807) is 0 Å². The van der Waals surface area contributed by atoms with Gasteiger partial charge in [-0.25, -0.2) is 0 Å². The van der Waals surface area contributed by atoms with Crippen molar-refractivity contribution in [3.05, 3.63) is 71.8 Å². The van der Waals surface area contributed by atoms with Crippen molar-refractivity contribution in [3.63, 3.8) is 0 Å². The average Bonchev–Trinajstić information content (AvgIpc) is 2.67. The molecule has 0 bridgehead atoms. The third-order valence-corrected chi connectivity index (χ3v) is 4.47. The van der Waals surface area contributed by atoms with Gasteiger partial charge in [0, 0.05) is 19.0 Å². The smallest absolute Gasteiger partial charge is 0.306 e. The maximum atomic E-state index is 12.8. The minimum Gasteiger partial charge on any atom is -0.469 e. The molecule has 1 atom stereocenters. The summed E-state index contributed by atoms with van der Waals surface area (Å²) in [7, 11) is 1.36. The zero-order chi connectivity index (χ0) is 18.8. The van der Waals surface area contributed by atoms with Crippen LogP contribution in [-0.2, 0) is 27.4 Å². The number of hydrogen-bond donors (Lipinski definition) is 0. The molecular formula is C22H27NO3. The lowest BCUT2D eigenvalue weighted by molar-refractivity contribution is -0.144. The van der Waals surface area contributed by atoms with E-state index in [4.69, 9.17) is 4.74 Å². The normalized spacial score (nSPS) is 12.0. The highest BCUT2D eigenvalue weighted by Crippen LogP contribution is 2.15. The number of esters is 1. The minimum atomic E-state index is -0.331. The molecule has 0 aliphatic heterocycles. The number of ketones is 1. The molecule has 0 aromatic heterocycles. The second kappa shape index (κ2) is 10.5. The van der Waals surface area contributed by atoms with E-state index in [1.807, 2.05) is 43.3 Å². The van der Waals surface area contributed by atoms with Gasteiger partial charge in [0.25, 0.3) is 0 Å². The summed E-state index contributed by atoms with van der Waals surface area (Å²) in [6.45, 7) is 3.63. The Morgan fingerprint density at radius 2 is 1.42 bits per heavy atom. The predicted molar refractivity (Wildman–Crippen MR) is 102 cm³/mol. The molecule has 4 nitrogen and oxygen atoms in total. The molecule has 0 saturated heterocycles. The van der Waals surface area contributed by atoms with Gasteiger partial charge in [-0.3, -0.25) is 14.5 Å². The summed E-state index contributed by atoms with van der Waals surface area (Å²) in [6.07, 6.45) is 0.787. The summed E-state index contributed by atoms with van der Waals surface area (Å²) in [5.74, 6) is -0.538. The first kappa shape index (κ1) is 19.9. The van der Waals surface area contributed by atoms with Crippen LogP contribution in [0.1, 0.15) is 30.9 Å². The largest absolute Gasteiger partial charge is 0.469 e. The van der Waals surface area contributed by atoms with Crippen molar-refractivity contribution in [2.45, 2.75) is 32.9 Å². The van der Waals surface area contributed by atoms with E-state index in [0.717, 1.165) is 11.1 Å². The lowest BCUT2D eigenvalue weighted by atomic mass is 9.96. The molecule has 0 spiro atoms. The Morgan fingerprint density at radius 3 is 1.85 bits per heavy atom. The van der Waals surface area contributed by atoms with Crippen molar-refractivity contribution in [2.24, 2.45) is 5.92 Å². The SMILES string of the molecule is CC[C@H](CC(=O)OC)C(=O)CN(Cc1ccccc1)Cc1ccccc1. The van der Waals surface area contributed by atoms with Gasteiger partial charge >= 0.3 is 5.97 Å². The number of benzene rings is 2. The summed E-state index contributed by atoms with van der Waals surface area (Å²) in [4.78, 5) is 26.5. The molecule has 0 unspecified atom stereocenters. The lowest BCUT2D eigenvalue weighted by Crippen LogP contribution is -2.33. The number of rotatable bonds is 10. The van der Waals surface area contributed by atoms with Crippen LogP contribution in [0.5, 0.6) is 0 Å². The van der Waals surface area contributed by atoms with Crippen molar-refractivity contribution >= 4 is 11.8 Å². The molecule has 0 aliphatic rings. The molecule has 0 saturated carbocycles. The van der Waals surface area contributed by atoms with E-state index < -0.39 is 0 Å². The van der Waals surface area contributed by atoms with Crippen LogP contribution in [0.15, 0.2) is 60.7 Å². The monoisotopic (exact) mass is 353 g/mol. The van der Waals surface area contributed by atoms with E-state index in [0.29, 0.717) is 26.1 Å². The Hall–Kier alpha value is -2.46.